The van der Waals surface area contributed by atoms with Crippen molar-refractivity contribution in [3.63, 3.8) is 0 Å². The summed E-state index contributed by atoms with van der Waals surface area (Å²) in [6.07, 6.45) is -0.734. The van der Waals surface area contributed by atoms with E-state index < -0.39 is 6.10 Å². The first-order valence-corrected chi connectivity index (χ1v) is 7.20. The van der Waals surface area contributed by atoms with Gasteiger partial charge in [0.25, 0.3) is 5.91 Å². The van der Waals surface area contributed by atoms with Crippen molar-refractivity contribution < 1.29 is 9.90 Å². The highest BCUT2D eigenvalue weighted by Gasteiger charge is 2.11. The van der Waals surface area contributed by atoms with E-state index in [-0.39, 0.29) is 12.5 Å². The van der Waals surface area contributed by atoms with Gasteiger partial charge in [0.2, 0.25) is 0 Å². The molecule has 1 atom stereocenters. The molecule has 0 aromatic heterocycles. The Balaban J connectivity index is 1.98. The Labute approximate surface area is 130 Å². The average molecular weight is 355 g/mol. The summed E-state index contributed by atoms with van der Waals surface area (Å²) < 4.78 is 0.735. The van der Waals surface area contributed by atoms with Crippen molar-refractivity contribution in [3.8, 4) is 0 Å². The highest BCUT2D eigenvalue weighted by Crippen LogP contribution is 2.19. The molecular weight excluding hydrogens is 342 g/mol. The van der Waals surface area contributed by atoms with Gasteiger partial charge >= 0.3 is 0 Å². The van der Waals surface area contributed by atoms with Crippen LogP contribution in [0.3, 0.4) is 0 Å². The van der Waals surface area contributed by atoms with E-state index in [9.17, 15) is 9.90 Å². The fourth-order valence-corrected chi connectivity index (χ4v) is 2.63. The summed E-state index contributed by atoms with van der Waals surface area (Å²) >= 11 is 9.18. The number of amides is 1. The minimum Gasteiger partial charge on any atom is -0.387 e. The molecule has 0 saturated carbocycles. The average Bonchev–Trinajstić information content (AvgIpc) is 2.44. The second-order valence-electron chi connectivity index (χ2n) is 4.29. The summed E-state index contributed by atoms with van der Waals surface area (Å²) in [5.41, 5.74) is 1.21. The molecule has 0 spiro atoms. The number of carbonyl (C=O) groups is 1. The van der Waals surface area contributed by atoms with Gasteiger partial charge in [-0.05, 0) is 23.8 Å². The molecule has 0 fully saturated rings. The zero-order valence-electron chi connectivity index (χ0n) is 10.5. The summed E-state index contributed by atoms with van der Waals surface area (Å²) in [5, 5.41) is 13.1. The van der Waals surface area contributed by atoms with Crippen molar-refractivity contribution in [2.24, 2.45) is 0 Å². The van der Waals surface area contributed by atoms with Crippen molar-refractivity contribution in [1.82, 2.24) is 5.32 Å². The Morgan fingerprint density at radius 2 is 1.95 bits per heavy atom. The molecule has 0 radical (unpaired) electrons. The van der Waals surface area contributed by atoms with Crippen LogP contribution in [-0.4, -0.2) is 17.6 Å². The number of rotatable bonds is 4. The zero-order valence-corrected chi connectivity index (χ0v) is 12.9. The number of hydrogen-bond acceptors (Lipinski definition) is 2. The number of carbonyl (C=O) groups excluding carboxylic acids is 1. The fourth-order valence-electron chi connectivity index (χ4n) is 1.77. The predicted octanol–water partition coefficient (Wildman–Crippen LogP) is 3.57. The summed E-state index contributed by atoms with van der Waals surface area (Å²) in [5.74, 6) is -0.275. The first kappa shape index (κ1) is 15.0. The maximum atomic E-state index is 12.0. The van der Waals surface area contributed by atoms with Crippen LogP contribution in [0.15, 0.2) is 53.0 Å². The van der Waals surface area contributed by atoms with Crippen LogP contribution in [-0.2, 0) is 0 Å². The summed E-state index contributed by atoms with van der Waals surface area (Å²) in [6, 6.07) is 14.1. The van der Waals surface area contributed by atoms with Gasteiger partial charge in [0, 0.05) is 21.6 Å². The topological polar surface area (TPSA) is 49.3 Å². The third-order valence-corrected chi connectivity index (χ3v) is 3.44. The van der Waals surface area contributed by atoms with E-state index >= 15 is 0 Å². The lowest BCUT2D eigenvalue weighted by atomic mass is 10.1. The van der Waals surface area contributed by atoms with E-state index in [1.54, 1.807) is 18.2 Å². The van der Waals surface area contributed by atoms with Gasteiger partial charge in [-0.2, -0.15) is 0 Å². The van der Waals surface area contributed by atoms with Crippen LogP contribution in [0.4, 0.5) is 0 Å². The number of aliphatic hydroxyl groups is 1. The minimum atomic E-state index is -0.734. The van der Waals surface area contributed by atoms with Crippen LogP contribution < -0.4 is 5.32 Å². The molecule has 0 heterocycles. The third kappa shape index (κ3) is 4.07. The lowest BCUT2D eigenvalue weighted by Crippen LogP contribution is -2.28. The van der Waals surface area contributed by atoms with E-state index in [1.165, 1.54) is 0 Å². The van der Waals surface area contributed by atoms with Gasteiger partial charge < -0.3 is 10.4 Å². The molecule has 0 bridgehead atoms. The van der Waals surface area contributed by atoms with E-state index in [2.05, 4.69) is 21.2 Å². The fraction of sp³-hybridized carbons (Fsp3) is 0.133. The summed E-state index contributed by atoms with van der Waals surface area (Å²) in [6.45, 7) is 0.146. The lowest BCUT2D eigenvalue weighted by molar-refractivity contribution is 0.0916. The van der Waals surface area contributed by atoms with Gasteiger partial charge in [-0.15, -0.1) is 0 Å². The first-order valence-electron chi connectivity index (χ1n) is 6.03. The molecule has 2 N–H and O–H groups in total. The zero-order chi connectivity index (χ0) is 14.5. The van der Waals surface area contributed by atoms with E-state index in [1.807, 2.05) is 30.3 Å². The van der Waals surface area contributed by atoms with Crippen LogP contribution in [0.1, 0.15) is 22.0 Å². The smallest absolute Gasteiger partial charge is 0.251 e. The van der Waals surface area contributed by atoms with Crippen LogP contribution in [0.5, 0.6) is 0 Å². The molecule has 1 unspecified atom stereocenters. The molecule has 3 nitrogen and oxygen atoms in total. The number of aliphatic hydroxyl groups excluding tert-OH is 1. The molecule has 0 aliphatic rings. The molecule has 5 heteroatoms. The van der Waals surface area contributed by atoms with Gasteiger partial charge in [0.05, 0.1) is 6.10 Å². The third-order valence-electron chi connectivity index (χ3n) is 2.77. The van der Waals surface area contributed by atoms with Crippen LogP contribution >= 0.6 is 27.5 Å². The SMILES string of the molecule is O=C(NCC(O)c1ccccc1)c1cc(Cl)cc(Br)c1. The van der Waals surface area contributed by atoms with E-state index in [4.69, 9.17) is 11.6 Å². The van der Waals surface area contributed by atoms with Crippen molar-refractivity contribution in [1.29, 1.82) is 0 Å². The molecule has 2 rings (SSSR count). The van der Waals surface area contributed by atoms with Crippen LogP contribution in [0, 0.1) is 0 Å². The van der Waals surface area contributed by atoms with Gasteiger partial charge in [-0.3, -0.25) is 4.79 Å². The first-order chi connectivity index (χ1) is 9.56. The molecule has 0 aliphatic heterocycles. The molecule has 2 aromatic rings. The van der Waals surface area contributed by atoms with Crippen LogP contribution in [0.25, 0.3) is 0 Å². The number of halogens is 2. The van der Waals surface area contributed by atoms with Gasteiger partial charge in [0.1, 0.15) is 0 Å². The highest BCUT2D eigenvalue weighted by atomic mass is 79.9. The maximum Gasteiger partial charge on any atom is 0.251 e. The molecular formula is C15H13BrClNO2. The Kier molecular flexibility index (Phi) is 5.17. The standard InChI is InChI=1S/C15H13BrClNO2/c16-12-6-11(7-13(17)8-12)15(20)18-9-14(19)10-4-2-1-3-5-10/h1-8,14,19H,9H2,(H,18,20). The lowest BCUT2D eigenvalue weighted by Gasteiger charge is -2.12. The largest absolute Gasteiger partial charge is 0.387 e. The second kappa shape index (κ2) is 6.88. The quantitative estimate of drug-likeness (QED) is 0.882. The van der Waals surface area contributed by atoms with Crippen LogP contribution in [0.2, 0.25) is 5.02 Å². The minimum absolute atomic E-state index is 0.146. The second-order valence-corrected chi connectivity index (χ2v) is 5.65. The molecule has 0 saturated heterocycles. The Hall–Kier alpha value is -1.36. The summed E-state index contributed by atoms with van der Waals surface area (Å²) in [7, 11) is 0. The maximum absolute atomic E-state index is 12.0. The van der Waals surface area contributed by atoms with Gasteiger partial charge in [-0.25, -0.2) is 0 Å². The number of benzene rings is 2. The molecule has 20 heavy (non-hydrogen) atoms. The monoisotopic (exact) mass is 353 g/mol. The predicted molar refractivity (Wildman–Crippen MR) is 82.9 cm³/mol. The molecule has 1 amide bonds. The van der Waals surface area contributed by atoms with Crippen molar-refractivity contribution in [2.45, 2.75) is 6.10 Å². The van der Waals surface area contributed by atoms with Gasteiger partial charge in [0.15, 0.2) is 0 Å². The highest BCUT2D eigenvalue weighted by molar-refractivity contribution is 9.10. The molecule has 104 valence electrons. The van der Waals surface area contributed by atoms with Gasteiger partial charge in [-0.1, -0.05) is 57.9 Å². The van der Waals surface area contributed by atoms with Crippen molar-refractivity contribution >= 4 is 33.4 Å². The Morgan fingerprint density at radius 1 is 1.25 bits per heavy atom. The van der Waals surface area contributed by atoms with Crippen molar-refractivity contribution in [3.05, 3.63) is 69.2 Å². The molecule has 0 aliphatic carbocycles. The molecule has 2 aromatic carbocycles. The normalized spacial score (nSPS) is 11.9. The van der Waals surface area contributed by atoms with E-state index in [0.29, 0.717) is 10.6 Å². The number of hydrogen-bond donors (Lipinski definition) is 2. The van der Waals surface area contributed by atoms with Crippen molar-refractivity contribution in [2.75, 3.05) is 6.54 Å². The Morgan fingerprint density at radius 3 is 2.60 bits per heavy atom. The van der Waals surface area contributed by atoms with E-state index in [0.717, 1.165) is 10.0 Å². The summed E-state index contributed by atoms with van der Waals surface area (Å²) in [4.78, 5) is 12.0. The Bertz CT molecular complexity index is 584. The number of nitrogens with one attached hydrogen (secondary N) is 1.